The van der Waals surface area contributed by atoms with Crippen LogP contribution in [-0.4, -0.2) is 68.6 Å². The van der Waals surface area contributed by atoms with Crippen LogP contribution in [0.15, 0.2) is 12.1 Å². The number of hydrogen-bond donors (Lipinski definition) is 0. The summed E-state index contributed by atoms with van der Waals surface area (Å²) < 4.78 is 4.64. The molecule has 2 saturated heterocycles. The molecule has 2 aromatic rings. The topological polar surface area (TPSA) is 42.1 Å². The van der Waals surface area contributed by atoms with E-state index in [0.29, 0.717) is 0 Å². The van der Waals surface area contributed by atoms with Gasteiger partial charge >= 0.3 is 0 Å². The summed E-state index contributed by atoms with van der Waals surface area (Å²) in [5.74, 6) is 4.01. The van der Waals surface area contributed by atoms with E-state index >= 15 is 0 Å². The SMILES string of the molecule is Cc1ccc(C)n1-n1c(CCCN2CCC(C)CC2)nnc1CCCN1CCC(C)CC1. The molecule has 32 heavy (non-hydrogen) atoms. The van der Waals surface area contributed by atoms with Crippen LogP contribution in [0, 0.1) is 25.7 Å². The molecule has 0 atom stereocenters. The lowest BCUT2D eigenvalue weighted by atomic mass is 9.99. The molecule has 6 heteroatoms. The van der Waals surface area contributed by atoms with Gasteiger partial charge in [-0.1, -0.05) is 13.8 Å². The van der Waals surface area contributed by atoms with Gasteiger partial charge < -0.3 is 9.80 Å². The molecule has 6 nitrogen and oxygen atoms in total. The molecule has 178 valence electrons. The molecule has 0 bridgehead atoms. The standard InChI is InChI=1S/C26H44N6/c1-21-11-17-29(18-12-21)15-5-7-25-27-28-26(32(25)31-23(3)9-10-24(31)4)8-6-16-30-19-13-22(2)14-20-30/h9-10,21-22H,5-8,11-20H2,1-4H3. The highest BCUT2D eigenvalue weighted by molar-refractivity contribution is 5.16. The zero-order chi connectivity index (χ0) is 22.5. The van der Waals surface area contributed by atoms with Gasteiger partial charge in [-0.3, -0.25) is 4.68 Å². The molecule has 0 spiro atoms. The second-order valence-corrected chi connectivity index (χ2v) is 10.5. The predicted molar refractivity (Wildman–Crippen MR) is 131 cm³/mol. The third-order valence-electron chi connectivity index (χ3n) is 7.71. The molecule has 0 aliphatic carbocycles. The largest absolute Gasteiger partial charge is 0.303 e. The van der Waals surface area contributed by atoms with E-state index in [2.05, 4.69) is 69.2 Å². The molecule has 0 radical (unpaired) electrons. The van der Waals surface area contributed by atoms with E-state index in [9.17, 15) is 0 Å². The smallest absolute Gasteiger partial charge is 0.153 e. The highest BCUT2D eigenvalue weighted by Gasteiger charge is 2.20. The minimum Gasteiger partial charge on any atom is -0.303 e. The Balaban J connectivity index is 1.39. The highest BCUT2D eigenvalue weighted by atomic mass is 15.5. The fourth-order valence-corrected chi connectivity index (χ4v) is 5.36. The maximum Gasteiger partial charge on any atom is 0.153 e. The zero-order valence-corrected chi connectivity index (χ0v) is 20.9. The Kier molecular flexibility index (Phi) is 8.06. The van der Waals surface area contributed by atoms with Crippen molar-refractivity contribution in [3.05, 3.63) is 35.2 Å². The fourth-order valence-electron chi connectivity index (χ4n) is 5.36. The van der Waals surface area contributed by atoms with Gasteiger partial charge in [-0.05, 0) is 116 Å². The van der Waals surface area contributed by atoms with E-state index in [-0.39, 0.29) is 0 Å². The minimum absolute atomic E-state index is 0.893. The van der Waals surface area contributed by atoms with Crippen LogP contribution in [0.2, 0.25) is 0 Å². The summed E-state index contributed by atoms with van der Waals surface area (Å²) in [7, 11) is 0. The van der Waals surface area contributed by atoms with Crippen molar-refractivity contribution in [1.29, 1.82) is 0 Å². The van der Waals surface area contributed by atoms with Gasteiger partial charge in [0.1, 0.15) is 0 Å². The van der Waals surface area contributed by atoms with Crippen molar-refractivity contribution in [3.8, 4) is 0 Å². The van der Waals surface area contributed by atoms with Gasteiger partial charge in [0.2, 0.25) is 0 Å². The van der Waals surface area contributed by atoms with Crippen LogP contribution in [0.25, 0.3) is 0 Å². The lowest BCUT2D eigenvalue weighted by molar-refractivity contribution is 0.190. The van der Waals surface area contributed by atoms with Crippen molar-refractivity contribution in [2.45, 2.75) is 79.1 Å². The molecule has 0 saturated carbocycles. The molecule has 0 aromatic carbocycles. The first-order chi connectivity index (χ1) is 15.5. The molecule has 2 aromatic heterocycles. The maximum absolute atomic E-state index is 4.68. The summed E-state index contributed by atoms with van der Waals surface area (Å²) in [6, 6.07) is 4.40. The lowest BCUT2D eigenvalue weighted by Gasteiger charge is -2.30. The number of hydrogen-bond acceptors (Lipinski definition) is 4. The number of aryl methyl sites for hydroxylation is 4. The van der Waals surface area contributed by atoms with Crippen LogP contribution in [0.3, 0.4) is 0 Å². The Labute approximate surface area is 195 Å². The number of nitrogens with zero attached hydrogens (tertiary/aromatic N) is 6. The fraction of sp³-hybridized carbons (Fsp3) is 0.769. The van der Waals surface area contributed by atoms with Crippen LogP contribution in [0.1, 0.15) is 75.4 Å². The van der Waals surface area contributed by atoms with Crippen molar-refractivity contribution in [1.82, 2.24) is 29.3 Å². The summed E-state index contributed by atoms with van der Waals surface area (Å²) in [6.07, 6.45) is 9.65. The molecule has 0 N–H and O–H groups in total. The van der Waals surface area contributed by atoms with Crippen molar-refractivity contribution < 1.29 is 0 Å². The summed E-state index contributed by atoms with van der Waals surface area (Å²) in [5, 5.41) is 9.37. The van der Waals surface area contributed by atoms with Gasteiger partial charge in [0.15, 0.2) is 11.6 Å². The number of aromatic nitrogens is 4. The molecule has 0 amide bonds. The van der Waals surface area contributed by atoms with Gasteiger partial charge in [-0.2, -0.15) is 0 Å². The highest BCUT2D eigenvalue weighted by Crippen LogP contribution is 2.19. The third kappa shape index (κ3) is 5.82. The molecule has 2 fully saturated rings. The second kappa shape index (κ2) is 11.0. The van der Waals surface area contributed by atoms with Crippen LogP contribution < -0.4 is 0 Å². The van der Waals surface area contributed by atoms with E-state index in [4.69, 9.17) is 0 Å². The normalized spacial score (nSPS) is 19.8. The van der Waals surface area contributed by atoms with Crippen LogP contribution >= 0.6 is 0 Å². The molecule has 2 aliphatic heterocycles. The van der Waals surface area contributed by atoms with Gasteiger partial charge in [-0.15, -0.1) is 10.2 Å². The lowest BCUT2D eigenvalue weighted by Crippen LogP contribution is -2.34. The van der Waals surface area contributed by atoms with E-state index in [1.165, 1.54) is 76.3 Å². The first-order valence-corrected chi connectivity index (χ1v) is 13.0. The van der Waals surface area contributed by atoms with E-state index in [0.717, 1.165) is 49.2 Å². The summed E-state index contributed by atoms with van der Waals surface area (Å²) >= 11 is 0. The van der Waals surface area contributed by atoms with Crippen molar-refractivity contribution in [2.75, 3.05) is 39.3 Å². The number of rotatable bonds is 9. The van der Waals surface area contributed by atoms with Gasteiger partial charge in [-0.25, -0.2) is 4.68 Å². The average Bonchev–Trinajstić information content (AvgIpc) is 3.32. The summed E-state index contributed by atoms with van der Waals surface area (Å²) in [6.45, 7) is 16.5. The Morgan fingerprint density at radius 2 is 1.09 bits per heavy atom. The monoisotopic (exact) mass is 440 g/mol. The number of piperidine rings is 2. The molecular weight excluding hydrogens is 396 g/mol. The summed E-state index contributed by atoms with van der Waals surface area (Å²) in [4.78, 5) is 5.26. The molecule has 0 unspecified atom stereocenters. The zero-order valence-electron chi connectivity index (χ0n) is 20.9. The first-order valence-electron chi connectivity index (χ1n) is 13.0. The van der Waals surface area contributed by atoms with Crippen molar-refractivity contribution in [2.24, 2.45) is 11.8 Å². The predicted octanol–water partition coefficient (Wildman–Crippen LogP) is 4.34. The van der Waals surface area contributed by atoms with E-state index < -0.39 is 0 Å². The van der Waals surface area contributed by atoms with E-state index in [1.54, 1.807) is 0 Å². The second-order valence-electron chi connectivity index (χ2n) is 10.5. The van der Waals surface area contributed by atoms with Crippen LogP contribution in [-0.2, 0) is 12.8 Å². The van der Waals surface area contributed by atoms with Crippen molar-refractivity contribution >= 4 is 0 Å². The summed E-state index contributed by atoms with van der Waals surface area (Å²) in [5.41, 5.74) is 2.50. The van der Waals surface area contributed by atoms with Crippen molar-refractivity contribution in [3.63, 3.8) is 0 Å². The number of likely N-dealkylation sites (tertiary alicyclic amines) is 2. The Bertz CT molecular complexity index is 772. The molecule has 4 heterocycles. The third-order valence-corrected chi connectivity index (χ3v) is 7.71. The maximum atomic E-state index is 4.68. The first kappa shape index (κ1) is 23.5. The molecule has 4 rings (SSSR count). The average molecular weight is 441 g/mol. The van der Waals surface area contributed by atoms with Gasteiger partial charge in [0.05, 0.1) is 0 Å². The van der Waals surface area contributed by atoms with Crippen LogP contribution in [0.4, 0.5) is 0 Å². The minimum atomic E-state index is 0.893. The van der Waals surface area contributed by atoms with Gasteiger partial charge in [0.25, 0.3) is 0 Å². The quantitative estimate of drug-likeness (QED) is 0.582. The van der Waals surface area contributed by atoms with Crippen LogP contribution in [0.5, 0.6) is 0 Å². The Morgan fingerprint density at radius 3 is 1.50 bits per heavy atom. The van der Waals surface area contributed by atoms with Gasteiger partial charge in [0, 0.05) is 24.2 Å². The molecular formula is C26H44N6. The molecule has 2 aliphatic rings. The Morgan fingerprint density at radius 1 is 0.688 bits per heavy atom. The Hall–Kier alpha value is -1.66. The van der Waals surface area contributed by atoms with E-state index in [1.807, 2.05) is 0 Å².